The first kappa shape index (κ1) is 13.5. The molecule has 0 aliphatic rings. The first-order valence-electron chi connectivity index (χ1n) is 6.47. The first-order chi connectivity index (χ1) is 9.19. The number of hydrogen-bond acceptors (Lipinski definition) is 5. The maximum Gasteiger partial charge on any atom is 0.147 e. The monoisotopic (exact) mass is 260 g/mol. The third-order valence-electron chi connectivity index (χ3n) is 2.83. The molecule has 0 saturated heterocycles. The molecule has 2 rings (SSSR count). The Morgan fingerprint density at radius 2 is 2.11 bits per heavy atom. The van der Waals surface area contributed by atoms with Gasteiger partial charge < -0.3 is 14.6 Å². The highest BCUT2D eigenvalue weighted by Crippen LogP contribution is 2.13. The fraction of sp³-hybridized carbons (Fsp3) is 0.429. The van der Waals surface area contributed by atoms with E-state index in [0.717, 1.165) is 36.1 Å². The van der Waals surface area contributed by atoms with Crippen LogP contribution >= 0.6 is 0 Å². The number of hydrogen-bond donors (Lipinski definition) is 1. The Kier molecular flexibility index (Phi) is 4.52. The van der Waals surface area contributed by atoms with Crippen molar-refractivity contribution in [3.05, 3.63) is 41.7 Å². The number of aryl methyl sites for hydroxylation is 1. The van der Waals surface area contributed by atoms with E-state index in [2.05, 4.69) is 22.2 Å². The quantitative estimate of drug-likeness (QED) is 0.862. The summed E-state index contributed by atoms with van der Waals surface area (Å²) >= 11 is 0. The predicted molar refractivity (Wildman–Crippen MR) is 75.0 cm³/mol. The summed E-state index contributed by atoms with van der Waals surface area (Å²) in [7, 11) is 1.98. The SMILES string of the molecule is CCNCc1cnc(N(C)Cc2ccc(C)o2)cn1. The molecule has 0 spiro atoms. The molecule has 5 heteroatoms. The number of furan rings is 1. The van der Waals surface area contributed by atoms with Crippen molar-refractivity contribution < 1.29 is 4.42 Å². The topological polar surface area (TPSA) is 54.2 Å². The van der Waals surface area contributed by atoms with Crippen LogP contribution in [0, 0.1) is 6.92 Å². The molecule has 2 aromatic heterocycles. The third kappa shape index (κ3) is 3.79. The molecule has 2 heterocycles. The van der Waals surface area contributed by atoms with Crippen LogP contribution in [-0.2, 0) is 13.1 Å². The summed E-state index contributed by atoms with van der Waals surface area (Å²) in [6, 6.07) is 3.95. The van der Waals surface area contributed by atoms with Gasteiger partial charge in [-0.05, 0) is 25.6 Å². The van der Waals surface area contributed by atoms with Gasteiger partial charge in [0.05, 0.1) is 24.6 Å². The minimum atomic E-state index is 0.690. The van der Waals surface area contributed by atoms with Crippen molar-refractivity contribution in [3.63, 3.8) is 0 Å². The van der Waals surface area contributed by atoms with Gasteiger partial charge in [-0.1, -0.05) is 6.92 Å². The average molecular weight is 260 g/mol. The molecular weight excluding hydrogens is 240 g/mol. The molecule has 0 radical (unpaired) electrons. The summed E-state index contributed by atoms with van der Waals surface area (Å²) in [5.41, 5.74) is 0.952. The summed E-state index contributed by atoms with van der Waals surface area (Å²) in [5.74, 6) is 2.70. The molecule has 0 bridgehead atoms. The van der Waals surface area contributed by atoms with Crippen LogP contribution in [0.25, 0.3) is 0 Å². The molecule has 0 saturated carbocycles. The number of anilines is 1. The summed E-state index contributed by atoms with van der Waals surface area (Å²) in [6.07, 6.45) is 3.60. The zero-order valence-corrected chi connectivity index (χ0v) is 11.7. The minimum Gasteiger partial charge on any atom is -0.464 e. The highest BCUT2D eigenvalue weighted by Gasteiger charge is 2.07. The lowest BCUT2D eigenvalue weighted by atomic mass is 10.4. The molecule has 2 aromatic rings. The predicted octanol–water partition coefficient (Wildman–Crippen LogP) is 2.12. The summed E-state index contributed by atoms with van der Waals surface area (Å²) in [4.78, 5) is 10.8. The van der Waals surface area contributed by atoms with Gasteiger partial charge in [-0.15, -0.1) is 0 Å². The van der Waals surface area contributed by atoms with Crippen LogP contribution in [0.15, 0.2) is 28.9 Å². The smallest absolute Gasteiger partial charge is 0.147 e. The van der Waals surface area contributed by atoms with E-state index in [-0.39, 0.29) is 0 Å². The second-order valence-corrected chi connectivity index (χ2v) is 4.51. The number of nitrogens with zero attached hydrogens (tertiary/aromatic N) is 3. The van der Waals surface area contributed by atoms with Gasteiger partial charge in [-0.2, -0.15) is 0 Å². The van der Waals surface area contributed by atoms with Gasteiger partial charge in [-0.25, -0.2) is 4.98 Å². The van der Waals surface area contributed by atoms with Crippen molar-refractivity contribution in [2.45, 2.75) is 26.9 Å². The summed E-state index contributed by atoms with van der Waals surface area (Å²) < 4.78 is 5.55. The molecule has 0 aromatic carbocycles. The van der Waals surface area contributed by atoms with Crippen LogP contribution in [0.3, 0.4) is 0 Å². The molecule has 5 nitrogen and oxygen atoms in total. The Morgan fingerprint density at radius 1 is 1.26 bits per heavy atom. The molecule has 0 fully saturated rings. The maximum absolute atomic E-state index is 5.55. The molecule has 0 unspecified atom stereocenters. The van der Waals surface area contributed by atoms with Gasteiger partial charge in [0.15, 0.2) is 0 Å². The van der Waals surface area contributed by atoms with Gasteiger partial charge >= 0.3 is 0 Å². The second-order valence-electron chi connectivity index (χ2n) is 4.51. The summed E-state index contributed by atoms with van der Waals surface area (Å²) in [6.45, 7) is 6.39. The number of nitrogens with one attached hydrogen (secondary N) is 1. The van der Waals surface area contributed by atoms with Crippen molar-refractivity contribution in [3.8, 4) is 0 Å². The van der Waals surface area contributed by atoms with Crippen LogP contribution in [0.4, 0.5) is 5.82 Å². The average Bonchev–Trinajstić information content (AvgIpc) is 2.82. The lowest BCUT2D eigenvalue weighted by Gasteiger charge is -2.16. The summed E-state index contributed by atoms with van der Waals surface area (Å²) in [5, 5.41) is 3.22. The zero-order chi connectivity index (χ0) is 13.7. The van der Waals surface area contributed by atoms with Crippen molar-refractivity contribution in [1.29, 1.82) is 0 Å². The van der Waals surface area contributed by atoms with Gasteiger partial charge in [-0.3, -0.25) is 4.98 Å². The van der Waals surface area contributed by atoms with Crippen molar-refractivity contribution in [1.82, 2.24) is 15.3 Å². The van der Waals surface area contributed by atoms with E-state index in [1.54, 1.807) is 6.20 Å². The number of aromatic nitrogens is 2. The Bertz CT molecular complexity index is 506. The Labute approximate surface area is 113 Å². The maximum atomic E-state index is 5.55. The van der Waals surface area contributed by atoms with Crippen molar-refractivity contribution >= 4 is 5.82 Å². The van der Waals surface area contributed by atoms with Gasteiger partial charge in [0.25, 0.3) is 0 Å². The van der Waals surface area contributed by atoms with Crippen LogP contribution in [0.5, 0.6) is 0 Å². The first-order valence-corrected chi connectivity index (χ1v) is 6.47. The second kappa shape index (κ2) is 6.33. The van der Waals surface area contributed by atoms with Crippen LogP contribution < -0.4 is 10.2 Å². The van der Waals surface area contributed by atoms with Crippen LogP contribution in [-0.4, -0.2) is 23.6 Å². The Hall–Kier alpha value is -1.88. The fourth-order valence-electron chi connectivity index (χ4n) is 1.77. The molecule has 0 amide bonds. The van der Waals surface area contributed by atoms with E-state index in [1.165, 1.54) is 0 Å². The normalized spacial score (nSPS) is 10.7. The highest BCUT2D eigenvalue weighted by atomic mass is 16.3. The number of rotatable bonds is 6. The lowest BCUT2D eigenvalue weighted by molar-refractivity contribution is 0.481. The minimum absolute atomic E-state index is 0.690. The third-order valence-corrected chi connectivity index (χ3v) is 2.83. The van der Waals surface area contributed by atoms with E-state index in [0.29, 0.717) is 6.54 Å². The van der Waals surface area contributed by atoms with E-state index < -0.39 is 0 Å². The van der Waals surface area contributed by atoms with Crippen molar-refractivity contribution in [2.75, 3.05) is 18.5 Å². The molecule has 0 aliphatic carbocycles. The molecule has 19 heavy (non-hydrogen) atoms. The van der Waals surface area contributed by atoms with E-state index in [4.69, 9.17) is 4.42 Å². The van der Waals surface area contributed by atoms with Crippen LogP contribution in [0.2, 0.25) is 0 Å². The molecule has 1 N–H and O–H groups in total. The van der Waals surface area contributed by atoms with Crippen LogP contribution in [0.1, 0.15) is 24.1 Å². The highest BCUT2D eigenvalue weighted by molar-refractivity contribution is 5.35. The fourth-order valence-corrected chi connectivity index (χ4v) is 1.77. The van der Waals surface area contributed by atoms with Gasteiger partial charge in [0.2, 0.25) is 0 Å². The van der Waals surface area contributed by atoms with E-state index in [9.17, 15) is 0 Å². The molecule has 0 atom stereocenters. The van der Waals surface area contributed by atoms with E-state index in [1.807, 2.05) is 37.2 Å². The van der Waals surface area contributed by atoms with Gasteiger partial charge in [0, 0.05) is 13.6 Å². The van der Waals surface area contributed by atoms with Crippen molar-refractivity contribution in [2.24, 2.45) is 0 Å². The molecular formula is C14H20N4O. The Balaban J connectivity index is 1.97. The van der Waals surface area contributed by atoms with Gasteiger partial charge in [0.1, 0.15) is 17.3 Å². The Morgan fingerprint density at radius 3 is 2.68 bits per heavy atom. The standard InChI is InChI=1S/C14H20N4O/c1-4-15-7-12-8-17-14(9-16-12)18(3)10-13-6-5-11(2)19-13/h5-6,8-9,15H,4,7,10H2,1-3H3. The molecule has 102 valence electrons. The zero-order valence-electron chi connectivity index (χ0n) is 11.7. The van der Waals surface area contributed by atoms with E-state index >= 15 is 0 Å². The molecule has 0 aliphatic heterocycles. The largest absolute Gasteiger partial charge is 0.464 e. The lowest BCUT2D eigenvalue weighted by Crippen LogP contribution is -2.18.